The minimum absolute atomic E-state index is 0.0962. The van der Waals surface area contributed by atoms with Crippen molar-refractivity contribution in [1.29, 1.82) is 0 Å². The van der Waals surface area contributed by atoms with Gasteiger partial charge in [0.2, 0.25) is 0 Å². The first kappa shape index (κ1) is 18.1. The summed E-state index contributed by atoms with van der Waals surface area (Å²) in [6, 6.07) is 14.0. The van der Waals surface area contributed by atoms with E-state index < -0.39 is 27.6 Å². The van der Waals surface area contributed by atoms with Crippen LogP contribution in [0.3, 0.4) is 0 Å². The molecule has 1 aliphatic rings. The standard InChI is InChI=1S/C18H18FN3O3S/c1-26(24,25)12-14-11-22(21-17(14)13-5-3-2-4-6-13)18(23)20-16-9-7-15(19)8-10-16/h2-10,14H,11-12H2,1H3,(H,20,23). The lowest BCUT2D eigenvalue weighted by Crippen LogP contribution is -2.32. The molecule has 0 aliphatic carbocycles. The zero-order chi connectivity index (χ0) is 18.7. The molecule has 26 heavy (non-hydrogen) atoms. The second-order valence-electron chi connectivity index (χ2n) is 6.16. The van der Waals surface area contributed by atoms with E-state index in [9.17, 15) is 17.6 Å². The summed E-state index contributed by atoms with van der Waals surface area (Å²) in [5.74, 6) is -0.908. The molecule has 1 aliphatic heterocycles. The van der Waals surface area contributed by atoms with Gasteiger partial charge in [0.25, 0.3) is 0 Å². The van der Waals surface area contributed by atoms with Gasteiger partial charge in [0.15, 0.2) is 0 Å². The van der Waals surface area contributed by atoms with Gasteiger partial charge in [-0.05, 0) is 29.8 Å². The maximum atomic E-state index is 13.0. The summed E-state index contributed by atoms with van der Waals surface area (Å²) in [7, 11) is -3.24. The van der Waals surface area contributed by atoms with Gasteiger partial charge in [0.05, 0.1) is 18.0 Å². The summed E-state index contributed by atoms with van der Waals surface area (Å²) in [5, 5.41) is 8.18. The topological polar surface area (TPSA) is 78.8 Å². The molecule has 0 radical (unpaired) electrons. The Kier molecular flexibility index (Phi) is 5.03. The number of nitrogens with one attached hydrogen (secondary N) is 1. The molecule has 2 amide bonds. The van der Waals surface area contributed by atoms with Crippen molar-refractivity contribution in [1.82, 2.24) is 5.01 Å². The fourth-order valence-electron chi connectivity index (χ4n) is 2.80. The number of rotatable bonds is 4. The molecule has 0 spiro atoms. The van der Waals surface area contributed by atoms with Crippen molar-refractivity contribution in [2.45, 2.75) is 0 Å². The number of carbonyl (C=O) groups excluding carboxylic acids is 1. The number of benzene rings is 2. The van der Waals surface area contributed by atoms with Crippen LogP contribution in [-0.2, 0) is 9.84 Å². The summed E-state index contributed by atoms with van der Waals surface area (Å²) >= 11 is 0. The van der Waals surface area contributed by atoms with Gasteiger partial charge in [-0.3, -0.25) is 0 Å². The average molecular weight is 375 g/mol. The van der Waals surface area contributed by atoms with Crippen LogP contribution in [0.1, 0.15) is 5.56 Å². The van der Waals surface area contributed by atoms with Crippen molar-refractivity contribution in [3.05, 3.63) is 66.0 Å². The van der Waals surface area contributed by atoms with Gasteiger partial charge in [-0.1, -0.05) is 30.3 Å². The number of halogens is 1. The van der Waals surface area contributed by atoms with E-state index in [0.717, 1.165) is 11.8 Å². The maximum Gasteiger partial charge on any atom is 0.342 e. The molecule has 8 heteroatoms. The van der Waals surface area contributed by atoms with E-state index in [-0.39, 0.29) is 12.3 Å². The molecule has 0 saturated heterocycles. The number of hydrazone groups is 1. The number of hydrogen-bond acceptors (Lipinski definition) is 4. The Balaban J connectivity index is 1.82. The highest BCUT2D eigenvalue weighted by molar-refractivity contribution is 7.90. The third kappa shape index (κ3) is 4.45. The summed E-state index contributed by atoms with van der Waals surface area (Å²) in [6.07, 6.45) is 1.16. The quantitative estimate of drug-likeness (QED) is 0.892. The first-order chi connectivity index (χ1) is 12.3. The highest BCUT2D eigenvalue weighted by Crippen LogP contribution is 2.22. The molecule has 1 N–H and O–H groups in total. The molecule has 0 aromatic heterocycles. The molecule has 2 aromatic rings. The summed E-state index contributed by atoms with van der Waals surface area (Å²) in [5.41, 5.74) is 1.77. The smallest absolute Gasteiger partial charge is 0.306 e. The van der Waals surface area contributed by atoms with Gasteiger partial charge >= 0.3 is 6.03 Å². The first-order valence-corrected chi connectivity index (χ1v) is 10.0. The van der Waals surface area contributed by atoms with Crippen LogP contribution in [0.4, 0.5) is 14.9 Å². The summed E-state index contributed by atoms with van der Waals surface area (Å²) < 4.78 is 36.5. The van der Waals surface area contributed by atoms with Crippen LogP contribution in [0.15, 0.2) is 59.7 Å². The molecule has 1 heterocycles. The lowest BCUT2D eigenvalue weighted by atomic mass is 9.99. The van der Waals surface area contributed by atoms with Crippen LogP contribution in [-0.4, -0.2) is 43.7 Å². The molecule has 0 bridgehead atoms. The second-order valence-corrected chi connectivity index (χ2v) is 8.34. The summed E-state index contributed by atoms with van der Waals surface area (Å²) in [4.78, 5) is 12.5. The van der Waals surface area contributed by atoms with Crippen LogP contribution in [0, 0.1) is 11.7 Å². The predicted octanol–water partition coefficient (Wildman–Crippen LogP) is 2.74. The van der Waals surface area contributed by atoms with E-state index in [0.29, 0.717) is 11.4 Å². The van der Waals surface area contributed by atoms with Crippen molar-refractivity contribution >= 4 is 27.3 Å². The molecule has 1 atom stereocenters. The molecule has 6 nitrogen and oxygen atoms in total. The summed E-state index contributed by atoms with van der Waals surface area (Å²) in [6.45, 7) is 0.157. The molecular weight excluding hydrogens is 357 g/mol. The number of sulfone groups is 1. The average Bonchev–Trinajstić information content (AvgIpc) is 3.00. The monoisotopic (exact) mass is 375 g/mol. The van der Waals surface area contributed by atoms with E-state index in [1.54, 1.807) is 0 Å². The SMILES string of the molecule is CS(=O)(=O)CC1CN(C(=O)Nc2ccc(F)cc2)N=C1c1ccccc1. The molecule has 2 aromatic carbocycles. The first-order valence-electron chi connectivity index (χ1n) is 7.97. The van der Waals surface area contributed by atoms with Crippen molar-refractivity contribution < 1.29 is 17.6 Å². The van der Waals surface area contributed by atoms with E-state index in [4.69, 9.17) is 0 Å². The van der Waals surface area contributed by atoms with Crippen LogP contribution in [0.5, 0.6) is 0 Å². The van der Waals surface area contributed by atoms with E-state index in [1.807, 2.05) is 30.3 Å². The van der Waals surface area contributed by atoms with Crippen LogP contribution in [0.2, 0.25) is 0 Å². The highest BCUT2D eigenvalue weighted by Gasteiger charge is 2.33. The minimum Gasteiger partial charge on any atom is -0.306 e. The van der Waals surface area contributed by atoms with Crippen molar-refractivity contribution in [2.24, 2.45) is 11.0 Å². The zero-order valence-electron chi connectivity index (χ0n) is 14.1. The van der Waals surface area contributed by atoms with Gasteiger partial charge in [-0.25, -0.2) is 22.6 Å². The number of anilines is 1. The van der Waals surface area contributed by atoms with Crippen molar-refractivity contribution in [2.75, 3.05) is 23.9 Å². The zero-order valence-corrected chi connectivity index (χ0v) is 14.9. The largest absolute Gasteiger partial charge is 0.342 e. The van der Waals surface area contributed by atoms with E-state index in [2.05, 4.69) is 10.4 Å². The Labute approximate surface area is 151 Å². The molecule has 136 valence electrons. The van der Waals surface area contributed by atoms with Crippen LogP contribution < -0.4 is 5.32 Å². The minimum atomic E-state index is -3.24. The number of urea groups is 1. The fraction of sp³-hybridized carbons (Fsp3) is 0.222. The second kappa shape index (κ2) is 7.25. The van der Waals surface area contributed by atoms with Crippen LogP contribution >= 0.6 is 0 Å². The van der Waals surface area contributed by atoms with E-state index >= 15 is 0 Å². The number of hydrogen-bond donors (Lipinski definition) is 1. The van der Waals surface area contributed by atoms with Crippen molar-refractivity contribution in [3.8, 4) is 0 Å². The lowest BCUT2D eigenvalue weighted by molar-refractivity contribution is 0.216. The van der Waals surface area contributed by atoms with Gasteiger partial charge in [-0.2, -0.15) is 5.10 Å². The Hall–Kier alpha value is -2.74. The highest BCUT2D eigenvalue weighted by atomic mass is 32.2. The Morgan fingerprint density at radius 3 is 2.46 bits per heavy atom. The molecule has 0 fully saturated rings. The Bertz CT molecular complexity index is 928. The molecule has 3 rings (SSSR count). The number of nitrogens with zero attached hydrogens (tertiary/aromatic N) is 2. The van der Waals surface area contributed by atoms with Gasteiger partial charge in [0, 0.05) is 17.9 Å². The van der Waals surface area contributed by atoms with Gasteiger partial charge in [0.1, 0.15) is 15.7 Å². The van der Waals surface area contributed by atoms with E-state index in [1.165, 1.54) is 29.3 Å². The molecule has 0 saturated carbocycles. The third-order valence-electron chi connectivity index (χ3n) is 3.91. The molecular formula is C18H18FN3O3S. The third-order valence-corrected chi connectivity index (χ3v) is 4.92. The van der Waals surface area contributed by atoms with Crippen LogP contribution in [0.25, 0.3) is 0 Å². The van der Waals surface area contributed by atoms with Crippen molar-refractivity contribution in [3.63, 3.8) is 0 Å². The predicted molar refractivity (Wildman–Crippen MR) is 98.3 cm³/mol. The Morgan fingerprint density at radius 1 is 1.19 bits per heavy atom. The number of amides is 2. The molecule has 1 unspecified atom stereocenters. The Morgan fingerprint density at radius 2 is 1.85 bits per heavy atom. The fourth-order valence-corrected chi connectivity index (χ4v) is 3.79. The number of carbonyl (C=O) groups is 1. The lowest BCUT2D eigenvalue weighted by Gasteiger charge is -2.15. The normalized spacial score (nSPS) is 17.1. The maximum absolute atomic E-state index is 13.0. The van der Waals surface area contributed by atoms with Gasteiger partial charge < -0.3 is 5.32 Å². The van der Waals surface area contributed by atoms with Gasteiger partial charge in [-0.15, -0.1) is 0 Å².